The lowest BCUT2D eigenvalue weighted by molar-refractivity contribution is 0.404. The highest BCUT2D eigenvalue weighted by Gasteiger charge is 2.10. The third kappa shape index (κ3) is 3.62. The minimum absolute atomic E-state index is 0.403. The molecule has 0 amide bonds. The molecule has 0 spiro atoms. The van der Waals surface area contributed by atoms with E-state index < -0.39 is 0 Å². The molecule has 0 aliphatic carbocycles. The number of hydrogen-bond acceptors (Lipinski definition) is 2. The van der Waals surface area contributed by atoms with Crippen LogP contribution < -0.4 is 11.1 Å². The van der Waals surface area contributed by atoms with Crippen molar-refractivity contribution >= 4 is 0 Å². The molecule has 90 valence electrons. The largest absolute Gasteiger partial charge is 0.329 e. The summed E-state index contributed by atoms with van der Waals surface area (Å²) < 4.78 is 0. The topological polar surface area (TPSA) is 38.0 Å². The average Bonchev–Trinajstić information content (AvgIpc) is 2.21. The second-order valence-corrected chi connectivity index (χ2v) is 4.90. The summed E-state index contributed by atoms with van der Waals surface area (Å²) >= 11 is 0. The van der Waals surface area contributed by atoms with Gasteiger partial charge in [-0.2, -0.15) is 0 Å². The van der Waals surface area contributed by atoms with Crippen LogP contribution in [0.2, 0.25) is 0 Å². The summed E-state index contributed by atoms with van der Waals surface area (Å²) in [6.07, 6.45) is 0. The van der Waals surface area contributed by atoms with Gasteiger partial charge in [-0.25, -0.2) is 0 Å². The van der Waals surface area contributed by atoms with Gasteiger partial charge < -0.3 is 11.1 Å². The van der Waals surface area contributed by atoms with Crippen LogP contribution in [-0.2, 0) is 6.54 Å². The van der Waals surface area contributed by atoms with Gasteiger partial charge in [0.25, 0.3) is 0 Å². The second kappa shape index (κ2) is 6.02. The van der Waals surface area contributed by atoms with E-state index in [0.29, 0.717) is 18.5 Å². The first kappa shape index (κ1) is 13.2. The zero-order valence-electron chi connectivity index (χ0n) is 10.9. The van der Waals surface area contributed by atoms with E-state index in [1.807, 2.05) is 0 Å². The molecule has 3 N–H and O–H groups in total. The lowest BCUT2D eigenvalue weighted by atomic mass is 10.0. The van der Waals surface area contributed by atoms with Gasteiger partial charge in [-0.05, 0) is 30.9 Å². The third-order valence-electron chi connectivity index (χ3n) is 3.11. The maximum atomic E-state index is 5.74. The van der Waals surface area contributed by atoms with E-state index in [0.717, 1.165) is 6.54 Å². The minimum Gasteiger partial charge on any atom is -0.329 e. The van der Waals surface area contributed by atoms with E-state index in [4.69, 9.17) is 5.73 Å². The average molecular weight is 220 g/mol. The summed E-state index contributed by atoms with van der Waals surface area (Å²) in [5.74, 6) is 0.579. The molecule has 0 saturated carbocycles. The number of nitrogens with two attached hydrogens (primary N) is 1. The predicted molar refractivity (Wildman–Crippen MR) is 70.4 cm³/mol. The summed E-state index contributed by atoms with van der Waals surface area (Å²) in [4.78, 5) is 0. The first-order valence-electron chi connectivity index (χ1n) is 6.04. The molecule has 2 heteroatoms. The standard InChI is InChI=1S/C14H24N2/c1-10(2)14(8-15)16-9-13-6-5-11(3)7-12(13)4/h5-7,10,14,16H,8-9,15H2,1-4H3. The van der Waals surface area contributed by atoms with Crippen LogP contribution in [0, 0.1) is 19.8 Å². The fourth-order valence-corrected chi connectivity index (χ4v) is 1.88. The van der Waals surface area contributed by atoms with E-state index in [1.165, 1.54) is 16.7 Å². The van der Waals surface area contributed by atoms with Gasteiger partial charge in [-0.1, -0.05) is 37.6 Å². The normalized spacial score (nSPS) is 13.1. The van der Waals surface area contributed by atoms with Crippen LogP contribution in [-0.4, -0.2) is 12.6 Å². The van der Waals surface area contributed by atoms with Gasteiger partial charge in [0.15, 0.2) is 0 Å². The van der Waals surface area contributed by atoms with Crippen molar-refractivity contribution in [3.8, 4) is 0 Å². The van der Waals surface area contributed by atoms with Crippen molar-refractivity contribution in [3.05, 3.63) is 34.9 Å². The molecule has 2 nitrogen and oxygen atoms in total. The molecule has 0 aliphatic rings. The quantitative estimate of drug-likeness (QED) is 0.799. The Morgan fingerprint density at radius 1 is 1.25 bits per heavy atom. The predicted octanol–water partition coefficient (Wildman–Crippen LogP) is 2.38. The molecule has 0 radical (unpaired) electrons. The molecule has 0 aromatic heterocycles. The molecule has 0 saturated heterocycles. The summed E-state index contributed by atoms with van der Waals surface area (Å²) in [6, 6.07) is 6.99. The lowest BCUT2D eigenvalue weighted by Gasteiger charge is -2.21. The smallest absolute Gasteiger partial charge is 0.0216 e. The highest BCUT2D eigenvalue weighted by molar-refractivity contribution is 5.30. The number of nitrogens with one attached hydrogen (secondary N) is 1. The van der Waals surface area contributed by atoms with Gasteiger partial charge in [0, 0.05) is 19.1 Å². The number of hydrogen-bond donors (Lipinski definition) is 2. The second-order valence-electron chi connectivity index (χ2n) is 4.90. The molecule has 1 rings (SSSR count). The number of rotatable bonds is 5. The maximum Gasteiger partial charge on any atom is 0.0216 e. The van der Waals surface area contributed by atoms with Crippen molar-refractivity contribution in [2.24, 2.45) is 11.7 Å². The van der Waals surface area contributed by atoms with Gasteiger partial charge in [-0.3, -0.25) is 0 Å². The highest BCUT2D eigenvalue weighted by atomic mass is 14.9. The van der Waals surface area contributed by atoms with Crippen molar-refractivity contribution < 1.29 is 0 Å². The molecule has 16 heavy (non-hydrogen) atoms. The van der Waals surface area contributed by atoms with Crippen LogP contribution in [0.3, 0.4) is 0 Å². The molecule has 1 unspecified atom stereocenters. The van der Waals surface area contributed by atoms with Gasteiger partial charge in [0.2, 0.25) is 0 Å². The maximum absolute atomic E-state index is 5.74. The van der Waals surface area contributed by atoms with Gasteiger partial charge in [0.1, 0.15) is 0 Å². The molecule has 0 aliphatic heterocycles. The van der Waals surface area contributed by atoms with E-state index >= 15 is 0 Å². The monoisotopic (exact) mass is 220 g/mol. The van der Waals surface area contributed by atoms with Crippen LogP contribution in [0.15, 0.2) is 18.2 Å². The molecular weight excluding hydrogens is 196 g/mol. The molecular formula is C14H24N2. The molecule has 0 fully saturated rings. The fraction of sp³-hybridized carbons (Fsp3) is 0.571. The van der Waals surface area contributed by atoms with E-state index in [1.54, 1.807) is 0 Å². The first-order valence-corrected chi connectivity index (χ1v) is 6.04. The Kier molecular flexibility index (Phi) is 4.97. The Morgan fingerprint density at radius 3 is 2.44 bits per heavy atom. The fourth-order valence-electron chi connectivity index (χ4n) is 1.88. The number of aryl methyl sites for hydroxylation is 2. The molecule has 0 heterocycles. The van der Waals surface area contributed by atoms with Crippen LogP contribution in [0.25, 0.3) is 0 Å². The minimum atomic E-state index is 0.403. The van der Waals surface area contributed by atoms with Crippen LogP contribution in [0.5, 0.6) is 0 Å². The third-order valence-corrected chi connectivity index (χ3v) is 3.11. The molecule has 1 aromatic rings. The Bertz CT molecular complexity index is 332. The SMILES string of the molecule is Cc1ccc(CNC(CN)C(C)C)c(C)c1. The van der Waals surface area contributed by atoms with Gasteiger partial charge in [-0.15, -0.1) is 0 Å². The van der Waals surface area contributed by atoms with Gasteiger partial charge >= 0.3 is 0 Å². The first-order chi connectivity index (χ1) is 7.54. The van der Waals surface area contributed by atoms with Crippen LogP contribution >= 0.6 is 0 Å². The zero-order chi connectivity index (χ0) is 12.1. The van der Waals surface area contributed by atoms with Crippen LogP contribution in [0.4, 0.5) is 0 Å². The molecule has 0 bridgehead atoms. The summed E-state index contributed by atoms with van der Waals surface area (Å²) in [5.41, 5.74) is 9.78. The van der Waals surface area contributed by atoms with Gasteiger partial charge in [0.05, 0.1) is 0 Å². The Balaban J connectivity index is 2.60. The van der Waals surface area contributed by atoms with Crippen molar-refractivity contribution in [2.75, 3.05) is 6.54 Å². The van der Waals surface area contributed by atoms with Crippen molar-refractivity contribution in [1.82, 2.24) is 5.32 Å². The number of benzene rings is 1. The van der Waals surface area contributed by atoms with Crippen molar-refractivity contribution in [3.63, 3.8) is 0 Å². The van der Waals surface area contributed by atoms with Crippen molar-refractivity contribution in [1.29, 1.82) is 0 Å². The highest BCUT2D eigenvalue weighted by Crippen LogP contribution is 2.11. The van der Waals surface area contributed by atoms with Crippen LogP contribution in [0.1, 0.15) is 30.5 Å². The lowest BCUT2D eigenvalue weighted by Crippen LogP contribution is -2.39. The van der Waals surface area contributed by atoms with E-state index in [-0.39, 0.29) is 0 Å². The Labute approximate surface area is 99.2 Å². The zero-order valence-corrected chi connectivity index (χ0v) is 10.9. The summed E-state index contributed by atoms with van der Waals surface area (Å²) in [7, 11) is 0. The Hall–Kier alpha value is -0.860. The summed E-state index contributed by atoms with van der Waals surface area (Å²) in [6.45, 7) is 10.3. The molecule has 1 aromatic carbocycles. The van der Waals surface area contributed by atoms with E-state index in [2.05, 4.69) is 51.2 Å². The molecule has 1 atom stereocenters. The van der Waals surface area contributed by atoms with E-state index in [9.17, 15) is 0 Å². The summed E-state index contributed by atoms with van der Waals surface area (Å²) in [5, 5.41) is 3.52. The van der Waals surface area contributed by atoms with Crippen molar-refractivity contribution in [2.45, 2.75) is 40.3 Å². The Morgan fingerprint density at radius 2 is 1.94 bits per heavy atom.